The van der Waals surface area contributed by atoms with E-state index < -0.39 is 5.97 Å². The molecule has 21 heavy (non-hydrogen) atoms. The van der Waals surface area contributed by atoms with Crippen LogP contribution in [0.2, 0.25) is 0 Å². The number of carbonyl (C=O) groups excluding carboxylic acids is 1. The summed E-state index contributed by atoms with van der Waals surface area (Å²) in [6, 6.07) is -0.153. The molecule has 1 aromatic rings. The number of aliphatic carboxylic acids is 1. The van der Waals surface area contributed by atoms with Crippen molar-refractivity contribution in [2.24, 2.45) is 11.8 Å². The molecule has 114 valence electrons. The van der Waals surface area contributed by atoms with Crippen LogP contribution in [0.3, 0.4) is 0 Å². The molecule has 2 unspecified atom stereocenters. The summed E-state index contributed by atoms with van der Waals surface area (Å²) in [5.74, 6) is -0.256. The minimum Gasteiger partial charge on any atom is -0.481 e. The van der Waals surface area contributed by atoms with Crippen molar-refractivity contribution >= 4 is 12.0 Å². The van der Waals surface area contributed by atoms with Gasteiger partial charge < -0.3 is 19.9 Å². The van der Waals surface area contributed by atoms with Gasteiger partial charge in [-0.1, -0.05) is 6.42 Å². The summed E-state index contributed by atoms with van der Waals surface area (Å²) in [5.41, 5.74) is 0. The lowest BCUT2D eigenvalue weighted by molar-refractivity contribution is -0.142. The molecule has 0 saturated heterocycles. The number of urea groups is 1. The van der Waals surface area contributed by atoms with Gasteiger partial charge in [-0.05, 0) is 18.8 Å². The molecule has 0 bridgehead atoms. The molecule has 8 heteroatoms. The Labute approximate surface area is 122 Å². The van der Waals surface area contributed by atoms with E-state index in [9.17, 15) is 9.59 Å². The quantitative estimate of drug-likeness (QED) is 0.835. The summed E-state index contributed by atoms with van der Waals surface area (Å²) in [5, 5.41) is 19.8. The van der Waals surface area contributed by atoms with Gasteiger partial charge in [-0.3, -0.25) is 4.79 Å². The molecule has 2 aliphatic rings. The lowest BCUT2D eigenvalue weighted by Gasteiger charge is -2.28. The largest absolute Gasteiger partial charge is 0.481 e. The third-order valence-corrected chi connectivity index (χ3v) is 4.42. The van der Waals surface area contributed by atoms with Gasteiger partial charge in [0.25, 0.3) is 0 Å². The number of carboxylic acids is 1. The predicted octanol–water partition coefficient (Wildman–Crippen LogP) is 0.304. The number of fused-ring (bicyclic) bond motifs is 1. The third-order valence-electron chi connectivity index (χ3n) is 4.42. The van der Waals surface area contributed by atoms with Crippen LogP contribution in [0.4, 0.5) is 4.79 Å². The summed E-state index contributed by atoms with van der Waals surface area (Å²) in [6.45, 7) is 2.18. The van der Waals surface area contributed by atoms with Gasteiger partial charge in [0.1, 0.15) is 6.33 Å². The molecule has 0 spiro atoms. The monoisotopic (exact) mass is 293 g/mol. The fraction of sp³-hybridized carbons (Fsp3) is 0.692. The molecule has 1 aliphatic heterocycles. The first kappa shape index (κ1) is 13.8. The number of rotatable bonds is 3. The molecule has 1 fully saturated rings. The zero-order valence-corrected chi connectivity index (χ0v) is 11.7. The summed E-state index contributed by atoms with van der Waals surface area (Å²) in [4.78, 5) is 25.0. The van der Waals surface area contributed by atoms with E-state index >= 15 is 0 Å². The predicted molar refractivity (Wildman–Crippen MR) is 72.3 cm³/mol. The second-order valence-corrected chi connectivity index (χ2v) is 5.68. The minimum absolute atomic E-state index is 0.0416. The van der Waals surface area contributed by atoms with Crippen molar-refractivity contribution < 1.29 is 14.7 Å². The topological polar surface area (TPSA) is 100 Å². The normalized spacial score (nSPS) is 24.7. The highest BCUT2D eigenvalue weighted by atomic mass is 16.4. The molecular weight excluding hydrogens is 274 g/mol. The lowest BCUT2D eigenvalue weighted by Crippen LogP contribution is -2.46. The van der Waals surface area contributed by atoms with Crippen molar-refractivity contribution in [2.45, 2.75) is 32.4 Å². The molecular formula is C13H19N5O3. The molecule has 0 radical (unpaired) electrons. The Bertz CT molecular complexity index is 544. The second-order valence-electron chi connectivity index (χ2n) is 5.68. The highest BCUT2D eigenvalue weighted by Crippen LogP contribution is 2.31. The molecule has 0 aromatic carbocycles. The van der Waals surface area contributed by atoms with Gasteiger partial charge in [-0.15, -0.1) is 10.2 Å². The Morgan fingerprint density at radius 2 is 2.24 bits per heavy atom. The standard InChI is InChI=1S/C13H19N5O3/c19-12(20)10-3-1-2-9(10)6-14-13(21)17-4-5-18-8-15-16-11(18)7-17/h8-10H,1-7H2,(H,14,21)(H,19,20). The molecule has 1 aromatic heterocycles. The zero-order valence-electron chi connectivity index (χ0n) is 11.7. The van der Waals surface area contributed by atoms with Crippen LogP contribution in [-0.4, -0.2) is 49.9 Å². The zero-order chi connectivity index (χ0) is 14.8. The summed E-state index contributed by atoms with van der Waals surface area (Å²) < 4.78 is 1.93. The van der Waals surface area contributed by atoms with E-state index in [1.807, 2.05) is 4.57 Å². The number of aromatic nitrogens is 3. The van der Waals surface area contributed by atoms with Gasteiger partial charge in [0.15, 0.2) is 5.82 Å². The summed E-state index contributed by atoms with van der Waals surface area (Å²) in [6.07, 6.45) is 4.17. The molecule has 2 amide bonds. The molecule has 3 rings (SSSR count). The van der Waals surface area contributed by atoms with Crippen molar-refractivity contribution in [1.29, 1.82) is 0 Å². The van der Waals surface area contributed by atoms with E-state index in [1.54, 1.807) is 11.2 Å². The van der Waals surface area contributed by atoms with Crippen LogP contribution in [0.5, 0.6) is 0 Å². The summed E-state index contributed by atoms with van der Waals surface area (Å²) >= 11 is 0. The first-order valence-corrected chi connectivity index (χ1v) is 7.27. The molecule has 1 aliphatic carbocycles. The minimum atomic E-state index is -0.752. The van der Waals surface area contributed by atoms with Crippen molar-refractivity contribution in [3.63, 3.8) is 0 Å². The summed E-state index contributed by atoms with van der Waals surface area (Å²) in [7, 11) is 0. The Morgan fingerprint density at radius 3 is 3.05 bits per heavy atom. The first-order valence-electron chi connectivity index (χ1n) is 7.27. The van der Waals surface area contributed by atoms with Gasteiger partial charge in [-0.25, -0.2) is 4.79 Å². The van der Waals surface area contributed by atoms with Crippen molar-refractivity contribution in [3.8, 4) is 0 Å². The maximum atomic E-state index is 12.2. The van der Waals surface area contributed by atoms with Crippen LogP contribution in [0.15, 0.2) is 6.33 Å². The average molecular weight is 293 g/mol. The number of carboxylic acid groups (broad SMARTS) is 1. The molecule has 2 atom stereocenters. The van der Waals surface area contributed by atoms with Crippen molar-refractivity contribution in [1.82, 2.24) is 25.0 Å². The number of hydrogen-bond donors (Lipinski definition) is 2. The average Bonchev–Trinajstić information content (AvgIpc) is 3.12. The first-order chi connectivity index (χ1) is 10.1. The third kappa shape index (κ3) is 2.84. The lowest BCUT2D eigenvalue weighted by atomic mass is 9.96. The molecule has 2 heterocycles. The van der Waals surface area contributed by atoms with Gasteiger partial charge in [0, 0.05) is 19.6 Å². The number of amides is 2. The number of hydrogen-bond acceptors (Lipinski definition) is 4. The van der Waals surface area contributed by atoms with Crippen LogP contribution in [-0.2, 0) is 17.9 Å². The highest BCUT2D eigenvalue weighted by molar-refractivity contribution is 5.74. The Kier molecular flexibility index (Phi) is 3.76. The van der Waals surface area contributed by atoms with Gasteiger partial charge in [-0.2, -0.15) is 0 Å². The van der Waals surface area contributed by atoms with E-state index in [0.29, 0.717) is 32.6 Å². The second kappa shape index (κ2) is 5.71. The Balaban J connectivity index is 1.52. The SMILES string of the molecule is O=C(O)C1CCCC1CNC(=O)N1CCn2cnnc2C1. The number of nitrogens with zero attached hydrogens (tertiary/aromatic N) is 4. The number of carbonyl (C=O) groups is 2. The van der Waals surface area contributed by atoms with Crippen molar-refractivity contribution in [3.05, 3.63) is 12.2 Å². The van der Waals surface area contributed by atoms with Gasteiger partial charge in [0.2, 0.25) is 0 Å². The Morgan fingerprint density at radius 1 is 1.38 bits per heavy atom. The smallest absolute Gasteiger partial charge is 0.317 e. The van der Waals surface area contributed by atoms with E-state index in [1.165, 1.54) is 0 Å². The van der Waals surface area contributed by atoms with E-state index in [2.05, 4.69) is 15.5 Å². The fourth-order valence-electron chi connectivity index (χ4n) is 3.18. The number of nitrogens with one attached hydrogen (secondary N) is 1. The van der Waals surface area contributed by atoms with Crippen LogP contribution in [0.25, 0.3) is 0 Å². The Hall–Kier alpha value is -2.12. The fourth-order valence-corrected chi connectivity index (χ4v) is 3.18. The van der Waals surface area contributed by atoms with E-state index in [0.717, 1.165) is 18.7 Å². The van der Waals surface area contributed by atoms with Crippen LogP contribution in [0, 0.1) is 11.8 Å². The van der Waals surface area contributed by atoms with Crippen molar-refractivity contribution in [2.75, 3.05) is 13.1 Å². The molecule has 2 N–H and O–H groups in total. The van der Waals surface area contributed by atoms with Gasteiger partial charge >= 0.3 is 12.0 Å². The highest BCUT2D eigenvalue weighted by Gasteiger charge is 2.33. The maximum Gasteiger partial charge on any atom is 0.317 e. The van der Waals surface area contributed by atoms with Gasteiger partial charge in [0.05, 0.1) is 12.5 Å². The molecule has 8 nitrogen and oxygen atoms in total. The van der Waals surface area contributed by atoms with E-state index in [4.69, 9.17) is 5.11 Å². The molecule has 1 saturated carbocycles. The van der Waals surface area contributed by atoms with Crippen LogP contribution >= 0.6 is 0 Å². The van der Waals surface area contributed by atoms with Crippen LogP contribution < -0.4 is 5.32 Å². The van der Waals surface area contributed by atoms with Crippen LogP contribution in [0.1, 0.15) is 25.1 Å². The maximum absolute atomic E-state index is 12.2. The van der Waals surface area contributed by atoms with E-state index in [-0.39, 0.29) is 17.9 Å².